The van der Waals surface area contributed by atoms with Crippen LogP contribution in [0, 0.1) is 11.3 Å². The third-order valence-corrected chi connectivity index (χ3v) is 7.04. The number of hydrogen-bond donors (Lipinski definition) is 0. The fourth-order valence-corrected chi connectivity index (χ4v) is 5.30. The van der Waals surface area contributed by atoms with E-state index in [-0.39, 0.29) is 5.91 Å². The first-order chi connectivity index (χ1) is 14.7. The van der Waals surface area contributed by atoms with Crippen molar-refractivity contribution in [3.8, 4) is 6.07 Å². The van der Waals surface area contributed by atoms with E-state index in [2.05, 4.69) is 17.9 Å². The van der Waals surface area contributed by atoms with Gasteiger partial charge in [0, 0.05) is 42.0 Å². The van der Waals surface area contributed by atoms with E-state index in [0.29, 0.717) is 23.3 Å². The van der Waals surface area contributed by atoms with Gasteiger partial charge in [0.2, 0.25) is 0 Å². The lowest BCUT2D eigenvalue weighted by Crippen LogP contribution is -2.51. The number of morpholine rings is 1. The van der Waals surface area contributed by atoms with Gasteiger partial charge < -0.3 is 9.64 Å². The maximum atomic E-state index is 13.3. The predicted molar refractivity (Wildman–Crippen MR) is 118 cm³/mol. The topological polar surface area (TPSA) is 56.6 Å². The smallest absolute Gasteiger partial charge is 0.255 e. The monoisotopic (exact) mass is 421 g/mol. The molecule has 0 radical (unpaired) electrons. The third-order valence-electron chi connectivity index (χ3n) is 5.89. The molecular weight excluding hydrogens is 394 g/mol. The minimum Gasteiger partial charge on any atom is -0.376 e. The highest BCUT2D eigenvalue weighted by atomic mass is 32.2. The molecule has 0 spiro atoms. The molecule has 2 aromatic rings. The van der Waals surface area contributed by atoms with Crippen molar-refractivity contribution in [2.45, 2.75) is 41.7 Å². The summed E-state index contributed by atoms with van der Waals surface area (Å²) in [4.78, 5) is 19.6. The molecular formula is C24H27N3O2S. The molecule has 1 atom stereocenters. The van der Waals surface area contributed by atoms with E-state index in [9.17, 15) is 10.1 Å². The molecule has 156 valence electrons. The first kappa shape index (κ1) is 20.9. The second-order valence-electron chi connectivity index (χ2n) is 7.91. The molecule has 0 aromatic heterocycles. The maximum absolute atomic E-state index is 13.3. The molecule has 30 heavy (non-hydrogen) atoms. The number of nitrogens with zero attached hydrogens (tertiary/aromatic N) is 3. The van der Waals surface area contributed by atoms with Crippen LogP contribution in [0.5, 0.6) is 0 Å². The molecule has 0 saturated carbocycles. The molecule has 2 saturated heterocycles. The molecule has 0 N–H and O–H groups in total. The van der Waals surface area contributed by atoms with Crippen molar-refractivity contribution >= 4 is 17.7 Å². The number of benzene rings is 2. The van der Waals surface area contributed by atoms with Gasteiger partial charge in [-0.25, -0.2) is 0 Å². The van der Waals surface area contributed by atoms with E-state index >= 15 is 0 Å². The van der Waals surface area contributed by atoms with Crippen LogP contribution < -0.4 is 0 Å². The number of likely N-dealkylation sites (tertiary alicyclic amines) is 1. The number of carbonyl (C=O) groups excluding carboxylic acids is 1. The second kappa shape index (κ2) is 9.65. The van der Waals surface area contributed by atoms with Crippen molar-refractivity contribution in [2.75, 3.05) is 32.8 Å². The van der Waals surface area contributed by atoms with E-state index in [4.69, 9.17) is 4.74 Å². The van der Waals surface area contributed by atoms with Gasteiger partial charge >= 0.3 is 0 Å². The Balaban J connectivity index is 1.44. The Morgan fingerprint density at radius 2 is 1.77 bits per heavy atom. The molecule has 2 aliphatic rings. The summed E-state index contributed by atoms with van der Waals surface area (Å²) in [5.41, 5.74) is 1.35. The van der Waals surface area contributed by atoms with Crippen LogP contribution in [-0.4, -0.2) is 60.6 Å². The van der Waals surface area contributed by atoms with Gasteiger partial charge in [-0.1, -0.05) is 36.0 Å². The van der Waals surface area contributed by atoms with Gasteiger partial charge in [-0.15, -0.1) is 0 Å². The SMILES string of the molecule is CC1CN(C2CCN(C(=O)c3ccccc3Sc3ccccc3C#N)CC2)CCO1. The number of amides is 1. The molecule has 1 amide bonds. The van der Waals surface area contributed by atoms with Crippen LogP contribution in [0.15, 0.2) is 58.3 Å². The van der Waals surface area contributed by atoms with E-state index < -0.39 is 0 Å². The lowest BCUT2D eigenvalue weighted by atomic mass is 10.0. The first-order valence-corrected chi connectivity index (χ1v) is 11.4. The molecule has 2 fully saturated rings. The molecule has 4 rings (SSSR count). The Labute approximate surface area is 182 Å². The average molecular weight is 422 g/mol. The summed E-state index contributed by atoms with van der Waals surface area (Å²) in [5.74, 6) is 0.0846. The minimum atomic E-state index is 0.0846. The summed E-state index contributed by atoms with van der Waals surface area (Å²) >= 11 is 1.49. The summed E-state index contributed by atoms with van der Waals surface area (Å²) in [6.45, 7) is 6.46. The third kappa shape index (κ3) is 4.70. The Hall–Kier alpha value is -2.33. The number of carbonyl (C=O) groups is 1. The minimum absolute atomic E-state index is 0.0846. The van der Waals surface area contributed by atoms with Gasteiger partial charge in [-0.05, 0) is 44.0 Å². The summed E-state index contributed by atoms with van der Waals surface area (Å²) in [5, 5.41) is 9.38. The van der Waals surface area contributed by atoms with E-state index in [1.807, 2.05) is 53.4 Å². The zero-order chi connectivity index (χ0) is 20.9. The van der Waals surface area contributed by atoms with E-state index in [1.54, 1.807) is 0 Å². The van der Waals surface area contributed by atoms with Crippen molar-refractivity contribution in [3.63, 3.8) is 0 Å². The summed E-state index contributed by atoms with van der Waals surface area (Å²) in [7, 11) is 0. The molecule has 2 aliphatic heterocycles. The standard InChI is InChI=1S/C24H27N3O2S/c1-18-17-27(14-15-29-18)20-10-12-26(13-11-20)24(28)21-7-3-5-9-23(21)30-22-8-4-2-6-19(22)16-25/h2-9,18,20H,10-15,17H2,1H3. The van der Waals surface area contributed by atoms with Crippen LogP contribution in [0.4, 0.5) is 0 Å². The Morgan fingerprint density at radius 1 is 1.07 bits per heavy atom. The molecule has 2 heterocycles. The predicted octanol–water partition coefficient (Wildman–Crippen LogP) is 4.03. The summed E-state index contributed by atoms with van der Waals surface area (Å²) < 4.78 is 5.67. The lowest BCUT2D eigenvalue weighted by molar-refractivity contribution is -0.0423. The maximum Gasteiger partial charge on any atom is 0.255 e. The lowest BCUT2D eigenvalue weighted by Gasteiger charge is -2.41. The van der Waals surface area contributed by atoms with Gasteiger partial charge in [-0.3, -0.25) is 9.69 Å². The molecule has 0 bridgehead atoms. The molecule has 0 aliphatic carbocycles. The van der Waals surface area contributed by atoms with E-state index in [0.717, 1.165) is 55.4 Å². The van der Waals surface area contributed by atoms with Crippen LogP contribution in [0.2, 0.25) is 0 Å². The normalized spacial score (nSPS) is 20.7. The first-order valence-electron chi connectivity index (χ1n) is 10.6. The van der Waals surface area contributed by atoms with Crippen molar-refractivity contribution in [1.29, 1.82) is 5.26 Å². The van der Waals surface area contributed by atoms with E-state index in [1.165, 1.54) is 11.8 Å². The fourth-order valence-electron chi connectivity index (χ4n) is 4.28. The van der Waals surface area contributed by atoms with Crippen molar-refractivity contribution in [3.05, 3.63) is 59.7 Å². The van der Waals surface area contributed by atoms with Crippen LogP contribution in [0.1, 0.15) is 35.7 Å². The number of rotatable bonds is 4. The average Bonchev–Trinajstić information content (AvgIpc) is 2.79. The van der Waals surface area contributed by atoms with Crippen molar-refractivity contribution in [2.24, 2.45) is 0 Å². The number of piperidine rings is 1. The van der Waals surface area contributed by atoms with Crippen molar-refractivity contribution in [1.82, 2.24) is 9.80 Å². The van der Waals surface area contributed by atoms with Gasteiger partial charge in [0.05, 0.1) is 23.8 Å². The molecule has 2 aromatic carbocycles. The van der Waals surface area contributed by atoms with Gasteiger partial charge in [-0.2, -0.15) is 5.26 Å². The Morgan fingerprint density at radius 3 is 2.50 bits per heavy atom. The summed E-state index contributed by atoms with van der Waals surface area (Å²) in [6, 6.07) is 18.0. The van der Waals surface area contributed by atoms with Crippen molar-refractivity contribution < 1.29 is 9.53 Å². The van der Waals surface area contributed by atoms with Crippen LogP contribution in [-0.2, 0) is 4.74 Å². The Kier molecular flexibility index (Phi) is 6.73. The van der Waals surface area contributed by atoms with Gasteiger partial charge in [0.1, 0.15) is 6.07 Å². The Bertz CT molecular complexity index is 934. The van der Waals surface area contributed by atoms with Gasteiger partial charge in [0.25, 0.3) is 5.91 Å². The molecule has 1 unspecified atom stereocenters. The second-order valence-corrected chi connectivity index (χ2v) is 8.99. The summed E-state index contributed by atoms with van der Waals surface area (Å²) in [6.07, 6.45) is 2.30. The fraction of sp³-hybridized carbons (Fsp3) is 0.417. The highest BCUT2D eigenvalue weighted by Gasteiger charge is 2.30. The van der Waals surface area contributed by atoms with Gasteiger partial charge in [0.15, 0.2) is 0 Å². The quantitative estimate of drug-likeness (QED) is 0.746. The highest BCUT2D eigenvalue weighted by molar-refractivity contribution is 7.99. The largest absolute Gasteiger partial charge is 0.376 e. The molecule has 6 heteroatoms. The van der Waals surface area contributed by atoms with Crippen LogP contribution in [0.3, 0.4) is 0 Å². The number of ether oxygens (including phenoxy) is 1. The molecule has 5 nitrogen and oxygen atoms in total. The number of nitriles is 1. The number of hydrogen-bond acceptors (Lipinski definition) is 5. The zero-order valence-electron chi connectivity index (χ0n) is 17.3. The zero-order valence-corrected chi connectivity index (χ0v) is 18.1. The van der Waals surface area contributed by atoms with Crippen LogP contribution in [0.25, 0.3) is 0 Å². The highest BCUT2D eigenvalue weighted by Crippen LogP contribution is 2.33. The van der Waals surface area contributed by atoms with Crippen LogP contribution >= 0.6 is 11.8 Å².